The van der Waals surface area contributed by atoms with Crippen LogP contribution >= 0.6 is 11.6 Å². The first-order valence-corrected chi connectivity index (χ1v) is 6.83. The molecule has 26 heavy (non-hydrogen) atoms. The number of nitriles is 2. The number of alkyl halides is 6. The second-order valence-electron chi connectivity index (χ2n) is 4.89. The van der Waals surface area contributed by atoms with Crippen LogP contribution in [0.15, 0.2) is 29.2 Å². The SMILES string of the molecule is N#Cc1cc(C(F)(F)F)cc(Cl)c1-n1cc(C(F)(F)F)cc(C#N)c1=O. The average molecular weight is 392 g/mol. The third-order valence-corrected chi connectivity index (χ3v) is 3.51. The van der Waals surface area contributed by atoms with Crippen molar-refractivity contribution in [1.82, 2.24) is 4.57 Å². The maximum Gasteiger partial charge on any atom is 0.417 e. The van der Waals surface area contributed by atoms with Gasteiger partial charge in [0.2, 0.25) is 0 Å². The minimum absolute atomic E-state index is 0.239. The van der Waals surface area contributed by atoms with Crippen LogP contribution in [0.25, 0.3) is 5.69 Å². The van der Waals surface area contributed by atoms with Crippen molar-refractivity contribution in [3.05, 3.63) is 62.0 Å². The van der Waals surface area contributed by atoms with Gasteiger partial charge >= 0.3 is 12.4 Å². The van der Waals surface area contributed by atoms with Crippen LogP contribution in [0.5, 0.6) is 0 Å². The van der Waals surface area contributed by atoms with Crippen LogP contribution in [0.1, 0.15) is 22.3 Å². The Kier molecular flexibility index (Phi) is 4.75. The van der Waals surface area contributed by atoms with Gasteiger partial charge in [-0.2, -0.15) is 36.9 Å². The lowest BCUT2D eigenvalue weighted by molar-refractivity contribution is -0.138. The lowest BCUT2D eigenvalue weighted by atomic mass is 10.1. The summed E-state index contributed by atoms with van der Waals surface area (Å²) in [7, 11) is 0. The highest BCUT2D eigenvalue weighted by Crippen LogP contribution is 2.36. The summed E-state index contributed by atoms with van der Waals surface area (Å²) in [5.41, 5.74) is -6.37. The molecular weight excluding hydrogens is 388 g/mol. The molecule has 2 rings (SSSR count). The molecule has 2 aromatic rings. The molecule has 0 aliphatic heterocycles. The fraction of sp³-hybridized carbons (Fsp3) is 0.133. The first-order chi connectivity index (χ1) is 11.9. The maximum atomic E-state index is 13.0. The molecule has 1 heterocycles. The molecule has 0 aliphatic rings. The topological polar surface area (TPSA) is 69.6 Å². The Morgan fingerprint density at radius 1 is 0.885 bits per heavy atom. The van der Waals surface area contributed by atoms with E-state index in [1.807, 2.05) is 0 Å². The van der Waals surface area contributed by atoms with Crippen LogP contribution in [-0.2, 0) is 12.4 Å². The van der Waals surface area contributed by atoms with Crippen molar-refractivity contribution in [3.63, 3.8) is 0 Å². The lowest BCUT2D eigenvalue weighted by Gasteiger charge is -2.16. The molecule has 134 valence electrons. The summed E-state index contributed by atoms with van der Waals surface area (Å²) >= 11 is 5.71. The Balaban J connectivity index is 2.92. The van der Waals surface area contributed by atoms with Crippen molar-refractivity contribution in [1.29, 1.82) is 10.5 Å². The summed E-state index contributed by atoms with van der Waals surface area (Å²) in [6.07, 6.45) is -9.56. The molecule has 0 N–H and O–H groups in total. The number of hydrogen-bond donors (Lipinski definition) is 0. The molecule has 0 fully saturated rings. The van der Waals surface area contributed by atoms with Crippen molar-refractivity contribution >= 4 is 11.6 Å². The zero-order valence-electron chi connectivity index (χ0n) is 12.2. The van der Waals surface area contributed by atoms with E-state index in [9.17, 15) is 31.1 Å². The standard InChI is InChI=1S/C15H4ClF6N3O/c16-11-3-9(14(17,18)19)1-7(4-23)12(11)25-6-10(15(20,21)22)2-8(5-24)13(25)26/h1-3,6H. The van der Waals surface area contributed by atoms with Crippen molar-refractivity contribution in [2.45, 2.75) is 12.4 Å². The summed E-state index contributed by atoms with van der Waals surface area (Å²) in [6.45, 7) is 0. The Hall–Kier alpha value is -2.98. The van der Waals surface area contributed by atoms with Crippen molar-refractivity contribution in [2.75, 3.05) is 0 Å². The monoisotopic (exact) mass is 391 g/mol. The number of halogens is 7. The smallest absolute Gasteiger partial charge is 0.280 e. The van der Waals surface area contributed by atoms with Gasteiger partial charge in [-0.1, -0.05) is 11.6 Å². The second kappa shape index (κ2) is 6.39. The van der Waals surface area contributed by atoms with E-state index in [0.717, 1.165) is 0 Å². The van der Waals surface area contributed by atoms with E-state index in [-0.39, 0.29) is 10.8 Å². The highest BCUT2D eigenvalue weighted by Gasteiger charge is 2.34. The van der Waals surface area contributed by atoms with Gasteiger partial charge in [0.1, 0.15) is 17.7 Å². The lowest BCUT2D eigenvalue weighted by Crippen LogP contribution is -2.24. The Labute approximate surface area is 146 Å². The number of hydrogen-bond acceptors (Lipinski definition) is 3. The Bertz CT molecular complexity index is 1020. The third-order valence-electron chi connectivity index (χ3n) is 3.22. The average Bonchev–Trinajstić information content (AvgIpc) is 2.52. The van der Waals surface area contributed by atoms with E-state index in [1.165, 1.54) is 12.1 Å². The van der Waals surface area contributed by atoms with Crippen LogP contribution in [0, 0.1) is 22.7 Å². The van der Waals surface area contributed by atoms with Crippen LogP contribution in [0.3, 0.4) is 0 Å². The van der Waals surface area contributed by atoms with Gasteiger partial charge in [-0.3, -0.25) is 9.36 Å². The second-order valence-corrected chi connectivity index (χ2v) is 5.30. The van der Waals surface area contributed by atoms with Crippen molar-refractivity contribution in [3.8, 4) is 17.8 Å². The molecule has 0 radical (unpaired) electrons. The fourth-order valence-electron chi connectivity index (χ4n) is 2.08. The molecule has 0 bridgehead atoms. The molecule has 11 heteroatoms. The van der Waals surface area contributed by atoms with Gasteiger partial charge in [0.25, 0.3) is 5.56 Å². The molecule has 0 spiro atoms. The van der Waals surface area contributed by atoms with E-state index < -0.39 is 50.9 Å². The summed E-state index contributed by atoms with van der Waals surface area (Å²) in [5.74, 6) is 0. The van der Waals surface area contributed by atoms with Crippen molar-refractivity contribution in [2.24, 2.45) is 0 Å². The van der Waals surface area contributed by atoms with Crippen LogP contribution in [0.4, 0.5) is 26.3 Å². The van der Waals surface area contributed by atoms with Crippen LogP contribution in [-0.4, -0.2) is 4.57 Å². The van der Waals surface area contributed by atoms with Crippen molar-refractivity contribution < 1.29 is 26.3 Å². The Morgan fingerprint density at radius 2 is 1.38 bits per heavy atom. The predicted molar refractivity (Wildman–Crippen MR) is 76.5 cm³/mol. The summed E-state index contributed by atoms with van der Waals surface area (Å²) in [4.78, 5) is 12.2. The molecule has 0 saturated heterocycles. The fourth-order valence-corrected chi connectivity index (χ4v) is 2.39. The molecule has 1 aromatic carbocycles. The molecule has 4 nitrogen and oxygen atoms in total. The molecule has 1 aromatic heterocycles. The third kappa shape index (κ3) is 3.51. The largest absolute Gasteiger partial charge is 0.417 e. The van der Waals surface area contributed by atoms with Gasteiger partial charge in [-0.25, -0.2) is 0 Å². The van der Waals surface area contributed by atoms with Gasteiger partial charge < -0.3 is 0 Å². The van der Waals surface area contributed by atoms with Gasteiger partial charge in [0, 0.05) is 6.20 Å². The normalized spacial score (nSPS) is 11.7. The van der Waals surface area contributed by atoms with Gasteiger partial charge in [-0.15, -0.1) is 0 Å². The molecule has 0 atom stereocenters. The van der Waals surface area contributed by atoms with Gasteiger partial charge in [0.15, 0.2) is 0 Å². The zero-order chi connectivity index (χ0) is 19.9. The minimum Gasteiger partial charge on any atom is -0.280 e. The Morgan fingerprint density at radius 3 is 1.85 bits per heavy atom. The molecule has 0 unspecified atom stereocenters. The summed E-state index contributed by atoms with van der Waals surface area (Å²) in [6, 6.07) is 3.65. The first-order valence-electron chi connectivity index (χ1n) is 6.45. The number of benzene rings is 1. The predicted octanol–water partition coefficient (Wildman–Crippen LogP) is 4.27. The molecule has 0 saturated carbocycles. The highest BCUT2D eigenvalue weighted by atomic mass is 35.5. The van der Waals surface area contributed by atoms with Crippen LogP contribution < -0.4 is 5.56 Å². The van der Waals surface area contributed by atoms with E-state index in [4.69, 9.17) is 22.1 Å². The van der Waals surface area contributed by atoms with E-state index in [0.29, 0.717) is 18.2 Å². The number of pyridine rings is 1. The number of rotatable bonds is 1. The molecular formula is C15H4ClF6N3O. The summed E-state index contributed by atoms with van der Waals surface area (Å²) < 4.78 is 77.6. The zero-order valence-corrected chi connectivity index (χ0v) is 13.0. The minimum atomic E-state index is -4.95. The van der Waals surface area contributed by atoms with E-state index in [1.54, 1.807) is 0 Å². The highest BCUT2D eigenvalue weighted by molar-refractivity contribution is 6.32. The molecule has 0 amide bonds. The van der Waals surface area contributed by atoms with Gasteiger partial charge in [-0.05, 0) is 18.2 Å². The first kappa shape index (κ1) is 19.3. The number of nitrogens with zero attached hydrogens (tertiary/aromatic N) is 3. The van der Waals surface area contributed by atoms with Crippen LogP contribution in [0.2, 0.25) is 5.02 Å². The maximum absolute atomic E-state index is 13.0. The summed E-state index contributed by atoms with van der Waals surface area (Å²) in [5, 5.41) is 17.1. The van der Waals surface area contributed by atoms with E-state index >= 15 is 0 Å². The quantitative estimate of drug-likeness (QED) is 0.682. The molecule has 0 aliphatic carbocycles. The number of aromatic nitrogens is 1. The van der Waals surface area contributed by atoms with Gasteiger partial charge in [0.05, 0.1) is 27.4 Å². The van der Waals surface area contributed by atoms with E-state index in [2.05, 4.69) is 0 Å².